The fourth-order valence-electron chi connectivity index (χ4n) is 4.67. The van der Waals surface area contributed by atoms with Crippen LogP contribution in [0.3, 0.4) is 0 Å². The number of aromatic nitrogens is 3. The summed E-state index contributed by atoms with van der Waals surface area (Å²) in [5.74, 6) is -0.0899. The first-order valence-electron chi connectivity index (χ1n) is 15.8. The molecule has 0 saturated heterocycles. The molecule has 0 aliphatic heterocycles. The van der Waals surface area contributed by atoms with Crippen LogP contribution in [0.15, 0.2) is 102 Å². The summed E-state index contributed by atoms with van der Waals surface area (Å²) in [6, 6.07) is 23.0. The van der Waals surface area contributed by atoms with Crippen molar-refractivity contribution >= 4 is 46.4 Å². The average molecular weight is 764 g/mol. The second kappa shape index (κ2) is 17.8. The quantitative estimate of drug-likeness (QED) is 0.0538. The molecular weight excluding hydrogens is 731 g/mol. The zero-order valence-corrected chi connectivity index (χ0v) is 29.7. The van der Waals surface area contributed by atoms with E-state index in [0.29, 0.717) is 39.9 Å². The first-order valence-corrected chi connectivity index (χ1v) is 16.8. The number of anilines is 1. The number of carbonyl (C=O) groups is 3. The molecule has 280 valence electrons. The van der Waals surface area contributed by atoms with Crippen molar-refractivity contribution < 1.29 is 46.5 Å². The van der Waals surface area contributed by atoms with E-state index in [1.165, 1.54) is 35.3 Å². The van der Waals surface area contributed by atoms with Crippen LogP contribution in [-0.4, -0.2) is 64.0 Å². The minimum atomic E-state index is -4.80. The minimum Gasteiger partial charge on any atom is -0.497 e. The van der Waals surface area contributed by atoms with Gasteiger partial charge in [0.15, 0.2) is 11.0 Å². The first-order chi connectivity index (χ1) is 25.8. The van der Waals surface area contributed by atoms with E-state index in [1.807, 2.05) is 13.8 Å². The number of esters is 1. The van der Waals surface area contributed by atoms with Gasteiger partial charge in [-0.2, -0.15) is 0 Å². The van der Waals surface area contributed by atoms with E-state index in [1.54, 1.807) is 73.8 Å². The highest BCUT2D eigenvalue weighted by molar-refractivity contribution is 8.13. The average Bonchev–Trinajstić information content (AvgIpc) is 3.63. The Morgan fingerprint density at radius 3 is 2.22 bits per heavy atom. The number of ether oxygens (including phenoxy) is 4. The third kappa shape index (κ3) is 11.5. The highest BCUT2D eigenvalue weighted by atomic mass is 32.2. The normalized spacial score (nSPS) is 11.3. The molecule has 18 heteroatoms. The summed E-state index contributed by atoms with van der Waals surface area (Å²) in [4.78, 5) is 46.4. The Morgan fingerprint density at radius 1 is 0.889 bits per heavy atom. The van der Waals surface area contributed by atoms with Gasteiger partial charge in [0.1, 0.15) is 36.1 Å². The lowest BCUT2D eigenvalue weighted by Crippen LogP contribution is -2.34. The molecule has 54 heavy (non-hydrogen) atoms. The second-order valence-electron chi connectivity index (χ2n) is 11.1. The second-order valence-corrected chi connectivity index (χ2v) is 12.0. The van der Waals surface area contributed by atoms with Crippen LogP contribution in [-0.2, 0) is 9.53 Å². The summed E-state index contributed by atoms with van der Waals surface area (Å²) in [7, 11) is 1.55. The van der Waals surface area contributed by atoms with Gasteiger partial charge in [-0.05, 0) is 110 Å². The van der Waals surface area contributed by atoms with Crippen LogP contribution in [0.2, 0.25) is 0 Å². The summed E-state index contributed by atoms with van der Waals surface area (Å²) in [6.45, 7) is 3.21. The van der Waals surface area contributed by atoms with Crippen LogP contribution < -0.4 is 30.2 Å². The predicted molar refractivity (Wildman–Crippen MR) is 194 cm³/mol. The summed E-state index contributed by atoms with van der Waals surface area (Å²) in [6.07, 6.45) is -4.22. The van der Waals surface area contributed by atoms with Crippen molar-refractivity contribution in [1.29, 1.82) is 0 Å². The number of hydrogen-bond acceptors (Lipinski definition) is 11. The molecule has 5 aromatic rings. The topological polar surface area (TPSA) is 167 Å². The Hall–Kier alpha value is -6.56. The molecule has 0 aliphatic rings. The highest BCUT2D eigenvalue weighted by Crippen LogP contribution is 2.30. The number of halogens is 3. The van der Waals surface area contributed by atoms with Crippen LogP contribution >= 0.6 is 11.8 Å². The maximum absolute atomic E-state index is 13.1. The molecule has 0 unspecified atom stereocenters. The van der Waals surface area contributed by atoms with E-state index in [0.717, 1.165) is 22.9 Å². The fraction of sp³-hybridized carbons (Fsp3) is 0.167. The van der Waals surface area contributed by atoms with E-state index >= 15 is 0 Å². The van der Waals surface area contributed by atoms with Gasteiger partial charge in [-0.25, -0.2) is 24.2 Å². The molecule has 0 fully saturated rings. The van der Waals surface area contributed by atoms with Crippen molar-refractivity contribution in [3.8, 4) is 34.3 Å². The number of nitrogens with zero attached hydrogens (tertiary/aromatic N) is 4. The van der Waals surface area contributed by atoms with Gasteiger partial charge in [0.05, 0.1) is 18.5 Å². The smallest absolute Gasteiger partial charge is 0.497 e. The van der Waals surface area contributed by atoms with Gasteiger partial charge in [-0.1, -0.05) is 18.2 Å². The summed E-state index contributed by atoms with van der Waals surface area (Å²) in [5.41, 5.74) is 3.58. The lowest BCUT2D eigenvalue weighted by atomic mass is 10.1. The first kappa shape index (κ1) is 38.7. The van der Waals surface area contributed by atoms with E-state index in [2.05, 4.69) is 35.8 Å². The Labute approximate surface area is 310 Å². The molecule has 0 atom stereocenters. The van der Waals surface area contributed by atoms with Crippen LogP contribution in [0.1, 0.15) is 11.1 Å². The lowest BCUT2D eigenvalue weighted by Gasteiger charge is -2.13. The van der Waals surface area contributed by atoms with Crippen molar-refractivity contribution in [1.82, 2.24) is 25.4 Å². The van der Waals surface area contributed by atoms with Crippen molar-refractivity contribution in [3.05, 3.63) is 108 Å². The molecule has 0 radical (unpaired) electrons. The summed E-state index contributed by atoms with van der Waals surface area (Å²) in [5, 5.41) is 12.2. The molecule has 3 N–H and O–H groups in total. The Bertz CT molecular complexity index is 2090. The van der Waals surface area contributed by atoms with Crippen LogP contribution in [0.25, 0.3) is 17.1 Å². The van der Waals surface area contributed by atoms with Crippen molar-refractivity contribution in [3.63, 3.8) is 0 Å². The number of aryl methyl sites for hydroxylation is 2. The number of nitrogens with one attached hydrogen (secondary N) is 3. The van der Waals surface area contributed by atoms with E-state index < -0.39 is 31.0 Å². The lowest BCUT2D eigenvalue weighted by molar-refractivity contribution is -0.274. The van der Waals surface area contributed by atoms with Gasteiger partial charge in [0, 0.05) is 11.3 Å². The van der Waals surface area contributed by atoms with E-state index in [4.69, 9.17) is 14.2 Å². The molecule has 5 rings (SSSR count). The number of alkyl halides is 3. The molecule has 3 amide bonds. The number of amidine groups is 1. The molecule has 4 aromatic carbocycles. The highest BCUT2D eigenvalue weighted by Gasteiger charge is 2.31. The monoisotopic (exact) mass is 763 g/mol. The molecule has 0 spiro atoms. The molecule has 14 nitrogen and oxygen atoms in total. The molecule has 1 heterocycles. The number of rotatable bonds is 11. The predicted octanol–water partition coefficient (Wildman–Crippen LogP) is 7.29. The fourth-order valence-corrected chi connectivity index (χ4v) is 5.29. The largest absolute Gasteiger partial charge is 0.573 e. The number of hydrogen-bond donors (Lipinski definition) is 3. The van der Waals surface area contributed by atoms with E-state index in [-0.39, 0.29) is 16.9 Å². The van der Waals surface area contributed by atoms with Gasteiger partial charge in [0.2, 0.25) is 0 Å². The molecule has 0 saturated carbocycles. The van der Waals surface area contributed by atoms with Gasteiger partial charge in [-0.15, -0.1) is 18.3 Å². The van der Waals surface area contributed by atoms with Crippen molar-refractivity contribution in [2.75, 3.05) is 24.9 Å². The molecule has 0 aliphatic carbocycles. The van der Waals surface area contributed by atoms with Gasteiger partial charge in [-0.3, -0.25) is 10.1 Å². The number of amides is 3. The minimum absolute atomic E-state index is 0.109. The number of methoxy groups -OCH3 is 1. The van der Waals surface area contributed by atoms with Crippen LogP contribution in [0, 0.1) is 13.8 Å². The Balaban J connectivity index is 1.20. The summed E-state index contributed by atoms with van der Waals surface area (Å²) >= 11 is 0.935. The van der Waals surface area contributed by atoms with Crippen LogP contribution in [0.4, 0.5) is 34.1 Å². The van der Waals surface area contributed by atoms with Gasteiger partial charge >= 0.3 is 24.5 Å². The number of urea groups is 1. The van der Waals surface area contributed by atoms with Crippen molar-refractivity contribution in [2.45, 2.75) is 20.2 Å². The number of aliphatic imine (C=N–C) groups is 1. The number of para-hydroxylation sites is 1. The number of carbonyl (C=O) groups excluding carboxylic acids is 3. The molecule has 1 aromatic heterocycles. The standard InChI is InChI=1S/C36H32F3N7O7S/c1-22-17-29(50-3)18-23(2)31(22)43-34(54-21-51-30(47)19-40-35(49)52-27-7-5-4-6-8-27)44-33(48)42-25-11-9-24(10-12-25)32-41-20-46(45-32)26-13-15-28(16-14-26)53-36(37,38)39/h4-18,20H,19,21H2,1-3H3,(H,40,49)(H2,42,43,44,48). The zero-order valence-electron chi connectivity index (χ0n) is 28.8. The van der Waals surface area contributed by atoms with Gasteiger partial charge in [0.25, 0.3) is 0 Å². The van der Waals surface area contributed by atoms with Gasteiger partial charge < -0.3 is 29.6 Å². The third-order valence-electron chi connectivity index (χ3n) is 7.11. The number of benzene rings is 4. The maximum Gasteiger partial charge on any atom is 0.573 e. The van der Waals surface area contributed by atoms with Crippen LogP contribution in [0.5, 0.6) is 17.2 Å². The molecular formula is C36H32F3N7O7S. The maximum atomic E-state index is 13.1. The number of thioether (sulfide) groups is 1. The summed E-state index contributed by atoms with van der Waals surface area (Å²) < 4.78 is 58.4. The molecule has 0 bridgehead atoms. The third-order valence-corrected chi connectivity index (χ3v) is 7.81. The Kier molecular flexibility index (Phi) is 12.7. The van der Waals surface area contributed by atoms with E-state index in [9.17, 15) is 27.6 Å². The zero-order chi connectivity index (χ0) is 38.7. The van der Waals surface area contributed by atoms with Crippen molar-refractivity contribution in [2.24, 2.45) is 4.99 Å². The Morgan fingerprint density at radius 2 is 1.57 bits per heavy atom. The SMILES string of the molecule is COc1cc(C)c(N=C(NC(=O)Nc2ccc(-c3ncn(-c4ccc(OC(F)(F)F)cc4)n3)cc2)SCOC(=O)CNC(=O)Oc2ccccc2)c(C)c1.